The summed E-state index contributed by atoms with van der Waals surface area (Å²) < 4.78 is 11.1. The summed E-state index contributed by atoms with van der Waals surface area (Å²) in [5.41, 5.74) is 0.696. The molecule has 0 saturated carbocycles. The van der Waals surface area contributed by atoms with Crippen molar-refractivity contribution in [3.05, 3.63) is 70.2 Å². The van der Waals surface area contributed by atoms with Crippen LogP contribution in [0.25, 0.3) is 22.3 Å². The van der Waals surface area contributed by atoms with Gasteiger partial charge in [-0.3, -0.25) is 4.79 Å². The number of nitrogens with two attached hydrogens (primary N) is 1. The molecule has 0 fully saturated rings. The molecule has 0 bridgehead atoms. The van der Waals surface area contributed by atoms with E-state index >= 15 is 0 Å². The zero-order valence-corrected chi connectivity index (χ0v) is 11.9. The molecule has 110 valence electrons. The van der Waals surface area contributed by atoms with Gasteiger partial charge in [0.15, 0.2) is 5.58 Å². The van der Waals surface area contributed by atoms with Crippen LogP contribution in [0.1, 0.15) is 0 Å². The van der Waals surface area contributed by atoms with Crippen molar-refractivity contribution in [3.8, 4) is 17.1 Å². The van der Waals surface area contributed by atoms with Gasteiger partial charge >= 0.3 is 0 Å². The minimum absolute atomic E-state index is 0.206. The highest BCUT2D eigenvalue weighted by molar-refractivity contribution is 5.78. The van der Waals surface area contributed by atoms with Crippen LogP contribution >= 0.6 is 0 Å². The first kappa shape index (κ1) is 13.9. The van der Waals surface area contributed by atoms with Gasteiger partial charge in [0.25, 0.3) is 0 Å². The molecule has 0 radical (unpaired) electrons. The summed E-state index contributed by atoms with van der Waals surface area (Å²) in [5.74, 6) is 6.58. The molecule has 5 heteroatoms. The van der Waals surface area contributed by atoms with E-state index in [1.54, 1.807) is 31.4 Å². The van der Waals surface area contributed by atoms with Gasteiger partial charge in [-0.1, -0.05) is 24.3 Å². The van der Waals surface area contributed by atoms with E-state index in [4.69, 9.17) is 15.0 Å². The van der Waals surface area contributed by atoms with Crippen LogP contribution in [-0.2, 0) is 0 Å². The number of hydrogen-bond donors (Lipinski definition) is 1. The van der Waals surface area contributed by atoms with E-state index in [0.29, 0.717) is 22.3 Å². The molecule has 0 saturated heterocycles. The number of fused-ring (bicyclic) bond motifs is 1. The Bertz CT molecular complexity index is 961. The van der Waals surface area contributed by atoms with Crippen molar-refractivity contribution >= 4 is 11.0 Å². The van der Waals surface area contributed by atoms with Crippen molar-refractivity contribution in [2.24, 2.45) is 10.9 Å². The zero-order chi connectivity index (χ0) is 15.5. The van der Waals surface area contributed by atoms with E-state index in [2.05, 4.69) is 5.10 Å². The third-order valence-electron chi connectivity index (χ3n) is 3.36. The van der Waals surface area contributed by atoms with Gasteiger partial charge < -0.3 is 15.0 Å². The number of benzene rings is 1. The molecule has 2 aromatic carbocycles. The Kier molecular flexibility index (Phi) is 3.62. The summed E-state index contributed by atoms with van der Waals surface area (Å²) in [4.78, 5) is 12.2. The predicted octanol–water partition coefficient (Wildman–Crippen LogP) is 2.24. The number of nitrogens with zero attached hydrogens (tertiary/aromatic N) is 1. The van der Waals surface area contributed by atoms with E-state index in [9.17, 15) is 4.79 Å². The summed E-state index contributed by atoms with van der Waals surface area (Å²) in [5, 5.41) is 4.82. The lowest BCUT2D eigenvalue weighted by Gasteiger charge is -2.07. The van der Waals surface area contributed by atoms with E-state index in [1.165, 1.54) is 6.07 Å². The van der Waals surface area contributed by atoms with Crippen molar-refractivity contribution in [2.45, 2.75) is 0 Å². The van der Waals surface area contributed by atoms with Crippen molar-refractivity contribution in [3.63, 3.8) is 0 Å². The van der Waals surface area contributed by atoms with Crippen LogP contribution in [0.3, 0.4) is 0 Å². The fraction of sp³-hybridized carbons (Fsp3) is 0.0588. The largest absolute Gasteiger partial charge is 0.496 e. The highest BCUT2D eigenvalue weighted by Crippen LogP contribution is 2.29. The van der Waals surface area contributed by atoms with Crippen LogP contribution in [-0.4, -0.2) is 7.11 Å². The Labute approximate surface area is 126 Å². The maximum Gasteiger partial charge on any atom is 0.221 e. The standard InChI is InChI=1S/C17H14N2O3/c1-21-15-9-5-3-7-12(15)16-10-13(19-18)11-6-2-4-8-14(20)17(11)22-16/h2-10H,18H2,1H3/b19-13+. The molecule has 0 aliphatic rings. The second-order valence-electron chi connectivity index (χ2n) is 4.65. The van der Waals surface area contributed by atoms with Gasteiger partial charge in [0.1, 0.15) is 11.5 Å². The van der Waals surface area contributed by atoms with Crippen molar-refractivity contribution in [2.75, 3.05) is 7.11 Å². The highest BCUT2D eigenvalue weighted by atomic mass is 16.5. The lowest BCUT2D eigenvalue weighted by Crippen LogP contribution is -2.09. The van der Waals surface area contributed by atoms with Crippen molar-refractivity contribution < 1.29 is 9.15 Å². The Morgan fingerprint density at radius 2 is 1.82 bits per heavy atom. The summed E-state index contributed by atoms with van der Waals surface area (Å²) in [6.07, 6.45) is 0. The topological polar surface area (TPSA) is 77.8 Å². The van der Waals surface area contributed by atoms with E-state index in [0.717, 1.165) is 5.56 Å². The fourth-order valence-corrected chi connectivity index (χ4v) is 2.31. The molecule has 3 rings (SSSR count). The second kappa shape index (κ2) is 5.73. The molecule has 3 aromatic rings. The molecule has 0 aliphatic carbocycles. The van der Waals surface area contributed by atoms with Gasteiger partial charge in [-0.2, -0.15) is 5.10 Å². The van der Waals surface area contributed by atoms with E-state index in [1.807, 2.05) is 24.3 Å². The van der Waals surface area contributed by atoms with Gasteiger partial charge in [0.05, 0.1) is 18.0 Å². The SMILES string of the molecule is COc1ccccc1-c1c/c(=N\N)c2ccccc(=O)c2o1. The summed E-state index contributed by atoms with van der Waals surface area (Å²) >= 11 is 0. The minimum atomic E-state index is -0.235. The monoisotopic (exact) mass is 294 g/mol. The van der Waals surface area contributed by atoms with Crippen molar-refractivity contribution in [1.29, 1.82) is 0 Å². The van der Waals surface area contributed by atoms with Crippen LogP contribution < -0.4 is 21.4 Å². The average molecular weight is 294 g/mol. The minimum Gasteiger partial charge on any atom is -0.496 e. The van der Waals surface area contributed by atoms with Crippen LogP contribution in [0.2, 0.25) is 0 Å². The quantitative estimate of drug-likeness (QED) is 0.581. The molecule has 22 heavy (non-hydrogen) atoms. The molecular formula is C17H14N2O3. The fourth-order valence-electron chi connectivity index (χ4n) is 2.31. The predicted molar refractivity (Wildman–Crippen MR) is 84.2 cm³/mol. The highest BCUT2D eigenvalue weighted by Gasteiger charge is 2.11. The molecule has 0 amide bonds. The molecule has 5 nitrogen and oxygen atoms in total. The molecule has 2 N–H and O–H groups in total. The molecule has 0 unspecified atom stereocenters. The Morgan fingerprint density at radius 1 is 1.09 bits per heavy atom. The summed E-state index contributed by atoms with van der Waals surface area (Å²) in [6, 6.07) is 15.7. The summed E-state index contributed by atoms with van der Waals surface area (Å²) in [6.45, 7) is 0. The van der Waals surface area contributed by atoms with Crippen molar-refractivity contribution in [1.82, 2.24) is 0 Å². The molecule has 0 spiro atoms. The smallest absolute Gasteiger partial charge is 0.221 e. The van der Waals surface area contributed by atoms with E-state index in [-0.39, 0.29) is 11.0 Å². The first-order valence-electron chi connectivity index (χ1n) is 6.69. The Hall–Kier alpha value is -3.08. The van der Waals surface area contributed by atoms with Gasteiger partial charge in [0, 0.05) is 11.5 Å². The Balaban J connectivity index is 2.44. The first-order chi connectivity index (χ1) is 10.7. The maximum absolute atomic E-state index is 12.2. The van der Waals surface area contributed by atoms with Gasteiger partial charge in [0.2, 0.25) is 5.43 Å². The second-order valence-corrected chi connectivity index (χ2v) is 4.65. The number of para-hydroxylation sites is 1. The molecule has 0 aliphatic heterocycles. The summed E-state index contributed by atoms with van der Waals surface area (Å²) in [7, 11) is 1.58. The number of ether oxygens (including phenoxy) is 1. The van der Waals surface area contributed by atoms with Crippen LogP contribution in [0.15, 0.2) is 68.9 Å². The van der Waals surface area contributed by atoms with Gasteiger partial charge in [-0.05, 0) is 24.3 Å². The van der Waals surface area contributed by atoms with Crippen LogP contribution in [0.4, 0.5) is 0 Å². The lowest BCUT2D eigenvalue weighted by atomic mass is 10.1. The number of methoxy groups -OCH3 is 1. The van der Waals surface area contributed by atoms with Gasteiger partial charge in [-0.15, -0.1) is 0 Å². The third-order valence-corrected chi connectivity index (χ3v) is 3.36. The zero-order valence-electron chi connectivity index (χ0n) is 11.9. The molecular weight excluding hydrogens is 280 g/mol. The molecule has 1 heterocycles. The van der Waals surface area contributed by atoms with E-state index < -0.39 is 0 Å². The van der Waals surface area contributed by atoms with Crippen LogP contribution in [0.5, 0.6) is 5.75 Å². The molecule has 0 atom stereocenters. The lowest BCUT2D eigenvalue weighted by molar-refractivity contribution is 0.415. The molecule has 1 aromatic heterocycles. The van der Waals surface area contributed by atoms with Gasteiger partial charge in [-0.25, -0.2) is 0 Å². The number of hydrogen-bond acceptors (Lipinski definition) is 5. The third kappa shape index (κ3) is 2.33. The number of rotatable bonds is 2. The average Bonchev–Trinajstić information content (AvgIpc) is 2.76. The van der Waals surface area contributed by atoms with Crippen LogP contribution in [0, 0.1) is 0 Å². The normalized spacial score (nSPS) is 11.6. The Morgan fingerprint density at radius 3 is 2.59 bits per heavy atom. The maximum atomic E-state index is 12.2. The first-order valence-corrected chi connectivity index (χ1v) is 6.69.